The summed E-state index contributed by atoms with van der Waals surface area (Å²) >= 11 is 3.44. The van der Waals surface area contributed by atoms with Crippen LogP contribution in [0, 0.1) is 17.2 Å². The van der Waals surface area contributed by atoms with Gasteiger partial charge in [0.1, 0.15) is 0 Å². The van der Waals surface area contributed by atoms with Gasteiger partial charge in [-0.05, 0) is 37.6 Å². The molecule has 2 nitrogen and oxygen atoms in total. The van der Waals surface area contributed by atoms with Crippen LogP contribution in [0.2, 0.25) is 0 Å². The highest BCUT2D eigenvalue weighted by molar-refractivity contribution is 9.10. The molecule has 0 aliphatic heterocycles. The van der Waals surface area contributed by atoms with Gasteiger partial charge in [0, 0.05) is 17.1 Å². The van der Waals surface area contributed by atoms with E-state index >= 15 is 0 Å². The Morgan fingerprint density at radius 2 is 2.06 bits per heavy atom. The molecule has 1 aromatic carbocycles. The zero-order chi connectivity index (χ0) is 12.3. The smallest absolute Gasteiger partial charge is 0.0672 e. The Kier molecular flexibility index (Phi) is 4.20. The second kappa shape index (κ2) is 5.66. The van der Waals surface area contributed by atoms with Crippen LogP contribution in [0.5, 0.6) is 0 Å². The van der Waals surface area contributed by atoms with Crippen LogP contribution in [-0.4, -0.2) is 18.0 Å². The van der Waals surface area contributed by atoms with Crippen LogP contribution in [0.25, 0.3) is 0 Å². The maximum atomic E-state index is 9.10. The first-order chi connectivity index (χ1) is 8.20. The lowest BCUT2D eigenvalue weighted by atomic mass is 10.0. The van der Waals surface area contributed by atoms with Crippen molar-refractivity contribution in [3.8, 4) is 6.07 Å². The first kappa shape index (κ1) is 12.6. The molecule has 1 fully saturated rings. The molecular formula is C14H17BrN2. The number of hydrogen-bond acceptors (Lipinski definition) is 2. The zero-order valence-corrected chi connectivity index (χ0v) is 11.7. The van der Waals surface area contributed by atoms with E-state index in [9.17, 15) is 0 Å². The van der Waals surface area contributed by atoms with Gasteiger partial charge in [-0.1, -0.05) is 34.5 Å². The monoisotopic (exact) mass is 292 g/mol. The van der Waals surface area contributed by atoms with Gasteiger partial charge in [0.05, 0.1) is 12.0 Å². The predicted octanol–water partition coefficient (Wildman–Crippen LogP) is 3.57. The summed E-state index contributed by atoms with van der Waals surface area (Å²) in [6.07, 6.45) is 3.41. The van der Waals surface area contributed by atoms with E-state index in [2.05, 4.69) is 58.2 Å². The fraction of sp³-hybridized carbons (Fsp3) is 0.500. The maximum absolute atomic E-state index is 9.10. The largest absolute Gasteiger partial charge is 0.298 e. The van der Waals surface area contributed by atoms with Gasteiger partial charge in [0.2, 0.25) is 0 Å². The SMILES string of the molecule is CN(Cc1ccc(Br)cc1)C1CCCC1C#N. The number of halogens is 1. The lowest BCUT2D eigenvalue weighted by Gasteiger charge is -2.26. The van der Waals surface area contributed by atoms with Crippen molar-refractivity contribution < 1.29 is 0 Å². The Morgan fingerprint density at radius 1 is 1.35 bits per heavy atom. The topological polar surface area (TPSA) is 27.0 Å². The van der Waals surface area contributed by atoms with Gasteiger partial charge in [0.15, 0.2) is 0 Å². The minimum atomic E-state index is 0.218. The molecule has 1 saturated carbocycles. The normalized spacial score (nSPS) is 23.9. The van der Waals surface area contributed by atoms with E-state index in [0.717, 1.165) is 23.9 Å². The van der Waals surface area contributed by atoms with Gasteiger partial charge in [0.25, 0.3) is 0 Å². The highest BCUT2D eigenvalue weighted by atomic mass is 79.9. The van der Waals surface area contributed by atoms with E-state index in [-0.39, 0.29) is 5.92 Å². The van der Waals surface area contributed by atoms with Gasteiger partial charge < -0.3 is 0 Å². The number of nitrogens with zero attached hydrogens (tertiary/aromatic N) is 2. The Balaban J connectivity index is 1.99. The summed E-state index contributed by atoms with van der Waals surface area (Å²) in [6.45, 7) is 0.927. The summed E-state index contributed by atoms with van der Waals surface area (Å²) in [6, 6.07) is 11.3. The van der Waals surface area contributed by atoms with Crippen LogP contribution in [-0.2, 0) is 6.54 Å². The van der Waals surface area contributed by atoms with Gasteiger partial charge in [-0.3, -0.25) is 4.90 Å². The lowest BCUT2D eigenvalue weighted by Crippen LogP contribution is -2.33. The van der Waals surface area contributed by atoms with Gasteiger partial charge in [-0.2, -0.15) is 5.26 Å². The van der Waals surface area contributed by atoms with Crippen molar-refractivity contribution in [2.75, 3.05) is 7.05 Å². The summed E-state index contributed by atoms with van der Waals surface area (Å²) in [4.78, 5) is 2.32. The molecule has 0 amide bonds. The standard InChI is InChI=1S/C14H17BrN2/c1-17(14-4-2-3-12(14)9-16)10-11-5-7-13(15)8-6-11/h5-8,12,14H,2-4,10H2,1H3. The minimum Gasteiger partial charge on any atom is -0.298 e. The molecule has 0 N–H and O–H groups in total. The van der Waals surface area contributed by atoms with E-state index in [4.69, 9.17) is 5.26 Å². The Morgan fingerprint density at radius 3 is 2.71 bits per heavy atom. The molecule has 2 atom stereocenters. The van der Waals surface area contributed by atoms with Crippen LogP contribution in [0.4, 0.5) is 0 Å². The quantitative estimate of drug-likeness (QED) is 0.852. The Labute approximate surface area is 111 Å². The van der Waals surface area contributed by atoms with Crippen LogP contribution in [0.15, 0.2) is 28.7 Å². The molecule has 0 heterocycles. The first-order valence-corrected chi connectivity index (χ1v) is 6.84. The fourth-order valence-electron chi connectivity index (χ4n) is 2.61. The van der Waals surface area contributed by atoms with Crippen molar-refractivity contribution in [1.82, 2.24) is 4.90 Å². The van der Waals surface area contributed by atoms with Gasteiger partial charge >= 0.3 is 0 Å². The van der Waals surface area contributed by atoms with E-state index in [1.807, 2.05) is 0 Å². The van der Waals surface area contributed by atoms with Crippen molar-refractivity contribution in [2.24, 2.45) is 5.92 Å². The molecule has 0 aromatic heterocycles. The molecule has 2 rings (SSSR count). The first-order valence-electron chi connectivity index (χ1n) is 6.05. The van der Waals surface area contributed by atoms with Crippen molar-refractivity contribution in [3.05, 3.63) is 34.3 Å². The molecule has 2 unspecified atom stereocenters. The molecule has 3 heteroatoms. The summed E-state index contributed by atoms with van der Waals surface area (Å²) in [7, 11) is 2.13. The lowest BCUT2D eigenvalue weighted by molar-refractivity contribution is 0.212. The van der Waals surface area contributed by atoms with Crippen molar-refractivity contribution in [3.63, 3.8) is 0 Å². The van der Waals surface area contributed by atoms with Crippen LogP contribution < -0.4 is 0 Å². The van der Waals surface area contributed by atoms with E-state index in [0.29, 0.717) is 6.04 Å². The van der Waals surface area contributed by atoms with E-state index in [1.54, 1.807) is 0 Å². The van der Waals surface area contributed by atoms with Crippen molar-refractivity contribution in [2.45, 2.75) is 31.8 Å². The Hall–Kier alpha value is -0.850. The molecule has 90 valence electrons. The average Bonchev–Trinajstić information content (AvgIpc) is 2.80. The maximum Gasteiger partial charge on any atom is 0.0672 e. The van der Waals surface area contributed by atoms with Gasteiger partial charge in [-0.25, -0.2) is 0 Å². The van der Waals surface area contributed by atoms with Crippen molar-refractivity contribution in [1.29, 1.82) is 5.26 Å². The third-order valence-corrected chi connectivity index (χ3v) is 4.09. The van der Waals surface area contributed by atoms with Crippen molar-refractivity contribution >= 4 is 15.9 Å². The predicted molar refractivity (Wildman–Crippen MR) is 72.4 cm³/mol. The molecular weight excluding hydrogens is 276 g/mol. The molecule has 0 bridgehead atoms. The highest BCUT2D eigenvalue weighted by Gasteiger charge is 2.30. The molecule has 0 saturated heterocycles. The van der Waals surface area contributed by atoms with E-state index < -0.39 is 0 Å². The van der Waals surface area contributed by atoms with Gasteiger partial charge in [-0.15, -0.1) is 0 Å². The summed E-state index contributed by atoms with van der Waals surface area (Å²) < 4.78 is 1.11. The van der Waals surface area contributed by atoms with Crippen LogP contribution in [0.3, 0.4) is 0 Å². The Bertz CT molecular complexity index is 407. The second-order valence-electron chi connectivity index (χ2n) is 4.78. The van der Waals surface area contributed by atoms with Crippen LogP contribution >= 0.6 is 15.9 Å². The number of nitriles is 1. The summed E-state index contributed by atoms with van der Waals surface area (Å²) in [5, 5.41) is 9.10. The summed E-state index contributed by atoms with van der Waals surface area (Å²) in [5.74, 6) is 0.218. The zero-order valence-electron chi connectivity index (χ0n) is 10.1. The van der Waals surface area contributed by atoms with Crippen LogP contribution in [0.1, 0.15) is 24.8 Å². The molecule has 0 radical (unpaired) electrons. The highest BCUT2D eigenvalue weighted by Crippen LogP contribution is 2.29. The number of benzene rings is 1. The van der Waals surface area contributed by atoms with E-state index in [1.165, 1.54) is 12.0 Å². The molecule has 17 heavy (non-hydrogen) atoms. The minimum absolute atomic E-state index is 0.218. The third kappa shape index (κ3) is 3.08. The molecule has 1 aliphatic carbocycles. The molecule has 1 aliphatic rings. The number of rotatable bonds is 3. The average molecular weight is 293 g/mol. The molecule has 1 aromatic rings. The summed E-state index contributed by atoms with van der Waals surface area (Å²) in [5.41, 5.74) is 1.30. The second-order valence-corrected chi connectivity index (χ2v) is 5.69. The molecule has 0 spiro atoms. The number of hydrogen-bond donors (Lipinski definition) is 0. The fourth-order valence-corrected chi connectivity index (χ4v) is 2.88. The third-order valence-electron chi connectivity index (χ3n) is 3.56.